The Kier molecular flexibility index (Phi) is 5.22. The standard InChI is InChI=1S/C17H16N4O9/c1-29-15(23)12-10(20(25)26)7-9(14(21(27)28)13(12)16(24)30-2)17-5-3-4-6-19(17)18-8-11(17)22/h3-4,7-8,11,22H,5-6H2,1-2H3. The average molecular weight is 420 g/mol. The molecule has 1 N–H and O–H groups in total. The van der Waals surface area contributed by atoms with E-state index >= 15 is 0 Å². The summed E-state index contributed by atoms with van der Waals surface area (Å²) in [6.07, 6.45) is 3.11. The molecule has 0 saturated heterocycles. The Morgan fingerprint density at radius 1 is 1.17 bits per heavy atom. The molecule has 0 radical (unpaired) electrons. The molecule has 2 heterocycles. The van der Waals surface area contributed by atoms with Gasteiger partial charge in [-0.05, 0) is 6.42 Å². The molecule has 158 valence electrons. The molecule has 2 aliphatic heterocycles. The van der Waals surface area contributed by atoms with Gasteiger partial charge in [-0.15, -0.1) is 0 Å². The molecule has 0 saturated carbocycles. The molecule has 1 aromatic rings. The molecule has 2 aliphatic rings. The van der Waals surface area contributed by atoms with Crippen LogP contribution in [0.2, 0.25) is 0 Å². The molecule has 0 bridgehead atoms. The third kappa shape index (κ3) is 2.86. The number of carbonyl (C=O) groups is 2. The van der Waals surface area contributed by atoms with E-state index in [9.17, 15) is 34.9 Å². The molecule has 0 aliphatic carbocycles. The van der Waals surface area contributed by atoms with Crippen molar-refractivity contribution < 1.29 is 34.0 Å². The molecule has 0 aromatic heterocycles. The van der Waals surface area contributed by atoms with Gasteiger partial charge >= 0.3 is 11.9 Å². The van der Waals surface area contributed by atoms with Gasteiger partial charge in [-0.1, -0.05) is 12.2 Å². The predicted octanol–water partition coefficient (Wildman–Crippen LogP) is 0.894. The quantitative estimate of drug-likeness (QED) is 0.312. The van der Waals surface area contributed by atoms with Gasteiger partial charge in [0, 0.05) is 6.07 Å². The molecule has 13 heteroatoms. The number of aliphatic hydroxyl groups is 1. The Labute approximate surface area is 168 Å². The largest absolute Gasteiger partial charge is 0.465 e. The van der Waals surface area contributed by atoms with Crippen LogP contribution in [0.25, 0.3) is 0 Å². The highest BCUT2D eigenvalue weighted by atomic mass is 16.6. The minimum absolute atomic E-state index is 0.00431. The SMILES string of the molecule is COC(=O)c1c([N+](=O)[O-])cc(C23CC=CCN2N=CC3O)c([N+](=O)[O-])c1C(=O)OC. The maximum atomic E-state index is 12.5. The first-order chi connectivity index (χ1) is 14.2. The van der Waals surface area contributed by atoms with Crippen LogP contribution in [0, 0.1) is 20.2 Å². The molecular formula is C17H16N4O9. The molecule has 1 aromatic carbocycles. The Morgan fingerprint density at radius 3 is 2.37 bits per heavy atom. The summed E-state index contributed by atoms with van der Waals surface area (Å²) < 4.78 is 9.10. The van der Waals surface area contributed by atoms with Crippen molar-refractivity contribution in [2.45, 2.75) is 18.1 Å². The van der Waals surface area contributed by atoms with E-state index < -0.39 is 55.9 Å². The number of rotatable bonds is 5. The lowest BCUT2D eigenvalue weighted by Crippen LogP contribution is -2.50. The fourth-order valence-electron chi connectivity index (χ4n) is 3.74. The summed E-state index contributed by atoms with van der Waals surface area (Å²) in [4.78, 5) is 46.7. The van der Waals surface area contributed by atoms with E-state index in [2.05, 4.69) is 14.6 Å². The van der Waals surface area contributed by atoms with Gasteiger partial charge in [-0.3, -0.25) is 25.2 Å². The normalized spacial score (nSPS) is 21.8. The molecule has 0 spiro atoms. The Morgan fingerprint density at radius 2 is 1.80 bits per heavy atom. The molecule has 3 rings (SSSR count). The maximum absolute atomic E-state index is 12.5. The minimum Gasteiger partial charge on any atom is -0.465 e. The number of ether oxygens (including phenoxy) is 2. The number of esters is 2. The van der Waals surface area contributed by atoms with E-state index in [1.54, 1.807) is 12.2 Å². The second-order valence-electron chi connectivity index (χ2n) is 6.43. The number of methoxy groups -OCH3 is 2. The number of fused-ring (bicyclic) bond motifs is 1. The summed E-state index contributed by atoms with van der Waals surface area (Å²) in [6, 6.07) is 0.806. The average Bonchev–Trinajstić information content (AvgIpc) is 3.08. The lowest BCUT2D eigenvalue weighted by Gasteiger charge is -2.41. The second kappa shape index (κ2) is 7.51. The first-order valence-corrected chi connectivity index (χ1v) is 8.52. The van der Waals surface area contributed by atoms with E-state index in [0.29, 0.717) is 0 Å². The van der Waals surface area contributed by atoms with Crippen LogP contribution >= 0.6 is 0 Å². The fourth-order valence-corrected chi connectivity index (χ4v) is 3.74. The lowest BCUT2D eigenvalue weighted by atomic mass is 9.77. The summed E-state index contributed by atoms with van der Waals surface area (Å²) in [5, 5.41) is 39.8. The zero-order valence-electron chi connectivity index (χ0n) is 15.8. The molecular weight excluding hydrogens is 404 g/mol. The van der Waals surface area contributed by atoms with Gasteiger partial charge in [0.15, 0.2) is 11.1 Å². The van der Waals surface area contributed by atoms with Crippen LogP contribution < -0.4 is 0 Å². The van der Waals surface area contributed by atoms with Crippen molar-refractivity contribution in [1.82, 2.24) is 5.01 Å². The van der Waals surface area contributed by atoms with Crippen LogP contribution in [0.4, 0.5) is 11.4 Å². The molecule has 0 amide bonds. The Balaban J connectivity index is 2.51. The number of hydrogen-bond donors (Lipinski definition) is 1. The third-order valence-electron chi connectivity index (χ3n) is 5.08. The molecule has 30 heavy (non-hydrogen) atoms. The smallest absolute Gasteiger partial charge is 0.346 e. The third-order valence-corrected chi connectivity index (χ3v) is 5.08. The highest BCUT2D eigenvalue weighted by Gasteiger charge is 2.54. The highest BCUT2D eigenvalue weighted by Crippen LogP contribution is 2.48. The first-order valence-electron chi connectivity index (χ1n) is 8.52. The minimum atomic E-state index is -1.58. The van der Waals surface area contributed by atoms with Crippen LogP contribution in [0.1, 0.15) is 32.7 Å². The summed E-state index contributed by atoms with van der Waals surface area (Å²) in [7, 11) is 1.82. The van der Waals surface area contributed by atoms with Crippen molar-refractivity contribution in [3.05, 3.63) is 55.1 Å². The summed E-state index contributed by atoms with van der Waals surface area (Å²) in [5.74, 6) is -2.66. The molecule has 2 atom stereocenters. The van der Waals surface area contributed by atoms with Gasteiger partial charge in [-0.25, -0.2) is 9.59 Å². The van der Waals surface area contributed by atoms with E-state index in [1.165, 1.54) is 5.01 Å². The van der Waals surface area contributed by atoms with Crippen molar-refractivity contribution in [3.63, 3.8) is 0 Å². The van der Waals surface area contributed by atoms with Gasteiger partial charge in [0.1, 0.15) is 11.6 Å². The number of benzene rings is 1. The van der Waals surface area contributed by atoms with E-state index in [-0.39, 0.29) is 18.5 Å². The van der Waals surface area contributed by atoms with Crippen molar-refractivity contribution in [2.75, 3.05) is 20.8 Å². The number of nitrogens with zero attached hydrogens (tertiary/aromatic N) is 4. The number of nitro benzene ring substituents is 2. The Bertz CT molecular complexity index is 1020. The van der Waals surface area contributed by atoms with Crippen molar-refractivity contribution >= 4 is 29.5 Å². The van der Waals surface area contributed by atoms with Gasteiger partial charge in [0.25, 0.3) is 11.4 Å². The van der Waals surface area contributed by atoms with Crippen LogP contribution in [-0.2, 0) is 15.0 Å². The highest BCUT2D eigenvalue weighted by molar-refractivity contribution is 6.09. The van der Waals surface area contributed by atoms with Crippen LogP contribution in [0.5, 0.6) is 0 Å². The molecule has 13 nitrogen and oxygen atoms in total. The summed E-state index contributed by atoms with van der Waals surface area (Å²) in [6.45, 7) is 0.158. The van der Waals surface area contributed by atoms with Crippen LogP contribution in [0.3, 0.4) is 0 Å². The Hall–Kier alpha value is -3.87. The van der Waals surface area contributed by atoms with Crippen molar-refractivity contribution in [1.29, 1.82) is 0 Å². The van der Waals surface area contributed by atoms with Crippen molar-refractivity contribution in [2.24, 2.45) is 5.10 Å². The fraction of sp³-hybridized carbons (Fsp3) is 0.353. The number of hydrogen-bond acceptors (Lipinski definition) is 11. The van der Waals surface area contributed by atoms with E-state index in [1.807, 2.05) is 0 Å². The van der Waals surface area contributed by atoms with Gasteiger partial charge in [0.2, 0.25) is 0 Å². The topological polar surface area (TPSA) is 175 Å². The maximum Gasteiger partial charge on any atom is 0.346 e. The van der Waals surface area contributed by atoms with Crippen LogP contribution in [0.15, 0.2) is 23.3 Å². The second-order valence-corrected chi connectivity index (χ2v) is 6.43. The summed E-state index contributed by atoms with van der Waals surface area (Å²) >= 11 is 0. The lowest BCUT2D eigenvalue weighted by molar-refractivity contribution is -0.391. The number of carbonyl (C=O) groups excluding carboxylic acids is 2. The van der Waals surface area contributed by atoms with Crippen molar-refractivity contribution in [3.8, 4) is 0 Å². The van der Waals surface area contributed by atoms with E-state index in [0.717, 1.165) is 26.5 Å². The number of hydrazone groups is 1. The predicted molar refractivity (Wildman–Crippen MR) is 99.1 cm³/mol. The van der Waals surface area contributed by atoms with Crippen LogP contribution in [-0.4, -0.2) is 65.0 Å². The molecule has 2 unspecified atom stereocenters. The van der Waals surface area contributed by atoms with Gasteiger partial charge in [-0.2, -0.15) is 5.10 Å². The van der Waals surface area contributed by atoms with E-state index in [4.69, 9.17) is 0 Å². The first kappa shape index (κ1) is 20.9. The summed E-state index contributed by atoms with van der Waals surface area (Å²) in [5.41, 5.74) is -5.57. The molecule has 0 fully saturated rings. The zero-order chi connectivity index (χ0) is 22.2. The monoisotopic (exact) mass is 420 g/mol. The van der Waals surface area contributed by atoms with Gasteiger partial charge < -0.3 is 14.6 Å². The zero-order valence-corrected chi connectivity index (χ0v) is 15.8. The van der Waals surface area contributed by atoms with Gasteiger partial charge in [0.05, 0.1) is 42.4 Å². The number of aliphatic hydroxyl groups excluding tert-OH is 1. The number of nitro groups is 2.